The van der Waals surface area contributed by atoms with Gasteiger partial charge in [-0.1, -0.05) is 29.8 Å². The number of aryl methyl sites for hydroxylation is 2. The van der Waals surface area contributed by atoms with Crippen LogP contribution in [0.5, 0.6) is 0 Å². The summed E-state index contributed by atoms with van der Waals surface area (Å²) in [6, 6.07) is 14.9. The first kappa shape index (κ1) is 16.1. The molecule has 6 nitrogen and oxygen atoms in total. The molecular formula is C21H21N5O. The van der Waals surface area contributed by atoms with E-state index in [1.807, 2.05) is 29.5 Å². The third-order valence-corrected chi connectivity index (χ3v) is 5.60. The number of fused-ring (bicyclic) bond motifs is 4. The van der Waals surface area contributed by atoms with Crippen molar-refractivity contribution in [2.45, 2.75) is 32.9 Å². The molecule has 0 bridgehead atoms. The first-order valence-corrected chi connectivity index (χ1v) is 9.22. The molecule has 0 radical (unpaired) electrons. The maximum atomic E-state index is 12.7. The van der Waals surface area contributed by atoms with Crippen LogP contribution in [0.2, 0.25) is 0 Å². The van der Waals surface area contributed by atoms with Gasteiger partial charge < -0.3 is 4.90 Å². The van der Waals surface area contributed by atoms with E-state index in [1.165, 1.54) is 11.3 Å². The number of nitrogens with zero attached hydrogens (tertiary/aromatic N) is 5. The highest BCUT2D eigenvalue weighted by Gasteiger charge is 2.27. The van der Waals surface area contributed by atoms with Crippen LogP contribution in [0.25, 0.3) is 16.7 Å². The van der Waals surface area contributed by atoms with Gasteiger partial charge in [0.25, 0.3) is 5.56 Å². The summed E-state index contributed by atoms with van der Waals surface area (Å²) in [6.45, 7) is 4.89. The van der Waals surface area contributed by atoms with Gasteiger partial charge in [0.1, 0.15) is 0 Å². The standard InChI is InChI=1S/C21H21N5O/c1-13-8-9-18-16(10-13)20(27)24(3)21-23-22-19(26(18)21)12-25-14(2)11-15-6-4-5-7-17(15)25/h4-10,14H,11-12H2,1-3H3. The van der Waals surface area contributed by atoms with Crippen LogP contribution in [0, 0.1) is 6.92 Å². The normalized spacial score (nSPS) is 16.4. The third kappa shape index (κ3) is 2.29. The molecule has 6 heteroatoms. The highest BCUT2D eigenvalue weighted by Crippen LogP contribution is 2.33. The van der Waals surface area contributed by atoms with Crippen LogP contribution >= 0.6 is 0 Å². The monoisotopic (exact) mass is 359 g/mol. The van der Waals surface area contributed by atoms with Crippen LogP contribution in [-0.4, -0.2) is 25.2 Å². The fraction of sp³-hybridized carbons (Fsp3) is 0.286. The molecule has 0 saturated carbocycles. The van der Waals surface area contributed by atoms with E-state index in [-0.39, 0.29) is 5.56 Å². The minimum atomic E-state index is -0.0416. The van der Waals surface area contributed by atoms with Crippen LogP contribution in [0.4, 0.5) is 5.69 Å². The Labute approximate surface area is 156 Å². The van der Waals surface area contributed by atoms with Gasteiger partial charge >= 0.3 is 0 Å². The summed E-state index contributed by atoms with van der Waals surface area (Å²) >= 11 is 0. The molecule has 1 aliphatic heterocycles. The van der Waals surface area contributed by atoms with Gasteiger partial charge in [-0.2, -0.15) is 0 Å². The molecule has 27 heavy (non-hydrogen) atoms. The van der Waals surface area contributed by atoms with Crippen LogP contribution in [0.3, 0.4) is 0 Å². The molecule has 2 aromatic carbocycles. The predicted octanol–water partition coefficient (Wildman–Crippen LogP) is 2.84. The van der Waals surface area contributed by atoms with Crippen molar-refractivity contribution in [3.63, 3.8) is 0 Å². The van der Waals surface area contributed by atoms with Gasteiger partial charge in [0.2, 0.25) is 5.78 Å². The maximum Gasteiger partial charge on any atom is 0.262 e. The van der Waals surface area contributed by atoms with Crippen molar-refractivity contribution < 1.29 is 0 Å². The molecule has 0 amide bonds. The van der Waals surface area contributed by atoms with Crippen LogP contribution in [0.15, 0.2) is 47.3 Å². The summed E-state index contributed by atoms with van der Waals surface area (Å²) in [6.07, 6.45) is 1.03. The molecule has 0 fully saturated rings. The first-order chi connectivity index (χ1) is 13.0. The van der Waals surface area contributed by atoms with Crippen molar-refractivity contribution in [2.75, 3.05) is 4.90 Å². The van der Waals surface area contributed by atoms with Gasteiger partial charge in [-0.25, -0.2) is 0 Å². The molecular weight excluding hydrogens is 338 g/mol. The van der Waals surface area contributed by atoms with Crippen LogP contribution in [0.1, 0.15) is 23.9 Å². The molecule has 5 rings (SSSR count). The highest BCUT2D eigenvalue weighted by atomic mass is 16.1. The average Bonchev–Trinajstić information content (AvgIpc) is 3.22. The Hall–Kier alpha value is -3.15. The van der Waals surface area contributed by atoms with Gasteiger partial charge in [-0.3, -0.25) is 13.8 Å². The van der Waals surface area contributed by atoms with Gasteiger partial charge in [0.15, 0.2) is 5.82 Å². The minimum absolute atomic E-state index is 0.0416. The number of rotatable bonds is 2. The second kappa shape index (κ2) is 5.67. The SMILES string of the molecule is Cc1ccc2c(c1)c(=O)n(C)c1nnc(CN3c4ccccc4CC3C)n21. The molecule has 0 aliphatic carbocycles. The molecule has 3 heterocycles. The van der Waals surface area contributed by atoms with E-state index in [2.05, 4.69) is 46.3 Å². The zero-order valence-electron chi connectivity index (χ0n) is 15.7. The lowest BCUT2D eigenvalue weighted by Crippen LogP contribution is -2.30. The van der Waals surface area contributed by atoms with Crippen molar-refractivity contribution in [2.24, 2.45) is 7.05 Å². The molecule has 1 unspecified atom stereocenters. The lowest BCUT2D eigenvalue weighted by molar-refractivity contribution is 0.652. The van der Waals surface area contributed by atoms with Crippen LogP contribution < -0.4 is 10.5 Å². The van der Waals surface area contributed by atoms with E-state index in [1.54, 1.807) is 11.6 Å². The number of benzene rings is 2. The summed E-state index contributed by atoms with van der Waals surface area (Å²) in [5.74, 6) is 1.42. The van der Waals surface area contributed by atoms with Crippen molar-refractivity contribution in [3.8, 4) is 0 Å². The number of aromatic nitrogens is 4. The third-order valence-electron chi connectivity index (χ3n) is 5.60. The summed E-state index contributed by atoms with van der Waals surface area (Å²) < 4.78 is 3.60. The molecule has 0 N–H and O–H groups in total. The minimum Gasteiger partial charge on any atom is -0.361 e. The lowest BCUT2D eigenvalue weighted by atomic mass is 10.1. The van der Waals surface area contributed by atoms with Gasteiger partial charge in [0, 0.05) is 18.8 Å². The first-order valence-electron chi connectivity index (χ1n) is 9.22. The molecule has 4 aromatic rings. The zero-order valence-corrected chi connectivity index (χ0v) is 15.7. The Morgan fingerprint density at radius 3 is 2.81 bits per heavy atom. The van der Waals surface area contributed by atoms with E-state index < -0.39 is 0 Å². The largest absolute Gasteiger partial charge is 0.361 e. The average molecular weight is 359 g/mol. The number of para-hydroxylation sites is 1. The van der Waals surface area contributed by atoms with Gasteiger partial charge in [0.05, 0.1) is 17.4 Å². The Morgan fingerprint density at radius 1 is 1.15 bits per heavy atom. The molecule has 0 saturated heterocycles. The Morgan fingerprint density at radius 2 is 1.96 bits per heavy atom. The molecule has 2 aromatic heterocycles. The summed E-state index contributed by atoms with van der Waals surface area (Å²) in [4.78, 5) is 15.1. The van der Waals surface area contributed by atoms with Crippen LogP contribution in [-0.2, 0) is 20.0 Å². The molecule has 1 aliphatic rings. The van der Waals surface area contributed by atoms with Crippen molar-refractivity contribution in [1.29, 1.82) is 0 Å². The quantitative estimate of drug-likeness (QED) is 0.552. The Kier molecular flexibility index (Phi) is 3.37. The number of hydrogen-bond donors (Lipinski definition) is 0. The van der Waals surface area contributed by atoms with Gasteiger partial charge in [-0.05, 0) is 44.0 Å². The highest BCUT2D eigenvalue weighted by molar-refractivity contribution is 5.81. The fourth-order valence-electron chi connectivity index (χ4n) is 4.18. The summed E-state index contributed by atoms with van der Waals surface area (Å²) in [5.41, 5.74) is 4.51. The second-order valence-corrected chi connectivity index (χ2v) is 7.45. The molecule has 136 valence electrons. The Balaban J connectivity index is 1.71. The molecule has 0 spiro atoms. The smallest absolute Gasteiger partial charge is 0.262 e. The topological polar surface area (TPSA) is 55.4 Å². The maximum absolute atomic E-state index is 12.7. The van der Waals surface area contributed by atoms with E-state index >= 15 is 0 Å². The lowest BCUT2D eigenvalue weighted by Gasteiger charge is -2.24. The zero-order chi connectivity index (χ0) is 18.7. The molecule has 1 atom stereocenters. The number of anilines is 1. The number of hydrogen-bond acceptors (Lipinski definition) is 4. The Bertz CT molecular complexity index is 1250. The van der Waals surface area contributed by atoms with E-state index in [9.17, 15) is 4.79 Å². The van der Waals surface area contributed by atoms with Crippen molar-refractivity contribution >= 4 is 22.4 Å². The van der Waals surface area contributed by atoms with Gasteiger partial charge in [-0.15, -0.1) is 10.2 Å². The van der Waals surface area contributed by atoms with E-state index in [0.717, 1.165) is 23.3 Å². The predicted molar refractivity (Wildman–Crippen MR) is 106 cm³/mol. The van der Waals surface area contributed by atoms with Crippen molar-refractivity contribution in [1.82, 2.24) is 19.2 Å². The fourth-order valence-corrected chi connectivity index (χ4v) is 4.18. The summed E-state index contributed by atoms with van der Waals surface area (Å²) in [5, 5.41) is 9.47. The second-order valence-electron chi connectivity index (χ2n) is 7.45. The van der Waals surface area contributed by atoms with Crippen molar-refractivity contribution in [3.05, 3.63) is 69.8 Å². The van der Waals surface area contributed by atoms with E-state index in [0.29, 0.717) is 23.8 Å². The van der Waals surface area contributed by atoms with E-state index in [4.69, 9.17) is 0 Å². The summed E-state index contributed by atoms with van der Waals surface area (Å²) in [7, 11) is 1.76.